The van der Waals surface area contributed by atoms with Crippen LogP contribution in [0.5, 0.6) is 5.75 Å². The standard InChI is InChI=1S/C15H19N3O4/c19-15(17-12-7-10-5-6-11(8-12)16-10)9-22-14-4-2-1-3-13(14)18(20)21/h1-4,10-12,16H,5-9H2,(H,17,19). The smallest absolute Gasteiger partial charge is 0.310 e. The van der Waals surface area contributed by atoms with Gasteiger partial charge in [-0.2, -0.15) is 0 Å². The molecule has 2 atom stereocenters. The largest absolute Gasteiger partial charge is 0.477 e. The molecule has 0 radical (unpaired) electrons. The fourth-order valence-electron chi connectivity index (χ4n) is 3.32. The van der Waals surface area contributed by atoms with E-state index in [9.17, 15) is 14.9 Å². The van der Waals surface area contributed by atoms with Crippen molar-refractivity contribution in [1.29, 1.82) is 0 Å². The van der Waals surface area contributed by atoms with E-state index >= 15 is 0 Å². The van der Waals surface area contributed by atoms with Crippen LogP contribution < -0.4 is 15.4 Å². The molecule has 7 heteroatoms. The number of hydrogen-bond donors (Lipinski definition) is 2. The first-order chi connectivity index (χ1) is 10.6. The summed E-state index contributed by atoms with van der Waals surface area (Å²) in [5, 5.41) is 17.4. The van der Waals surface area contributed by atoms with Crippen molar-refractivity contribution < 1.29 is 14.5 Å². The second-order valence-electron chi connectivity index (χ2n) is 5.89. The molecular formula is C15H19N3O4. The maximum absolute atomic E-state index is 12.0. The first-order valence-corrected chi connectivity index (χ1v) is 7.53. The average molecular weight is 305 g/mol. The highest BCUT2D eigenvalue weighted by Crippen LogP contribution is 2.27. The highest BCUT2D eigenvalue weighted by Gasteiger charge is 2.34. The molecule has 2 bridgehead atoms. The van der Waals surface area contributed by atoms with Gasteiger partial charge in [0.15, 0.2) is 12.4 Å². The molecule has 1 aromatic rings. The number of carbonyl (C=O) groups excluding carboxylic acids is 1. The SMILES string of the molecule is O=C(COc1ccccc1[N+](=O)[O-])NC1CC2CCC(C1)N2. The number of rotatable bonds is 5. The van der Waals surface area contributed by atoms with Gasteiger partial charge in [-0.1, -0.05) is 12.1 Å². The summed E-state index contributed by atoms with van der Waals surface area (Å²) in [6, 6.07) is 7.23. The van der Waals surface area contributed by atoms with E-state index in [1.165, 1.54) is 25.0 Å². The van der Waals surface area contributed by atoms with Crippen LogP contribution >= 0.6 is 0 Å². The van der Waals surface area contributed by atoms with E-state index < -0.39 is 4.92 Å². The summed E-state index contributed by atoms with van der Waals surface area (Å²) in [4.78, 5) is 22.3. The zero-order chi connectivity index (χ0) is 15.5. The number of nitro groups is 1. The number of para-hydroxylation sites is 2. The van der Waals surface area contributed by atoms with Crippen molar-refractivity contribution in [2.75, 3.05) is 6.61 Å². The van der Waals surface area contributed by atoms with Gasteiger partial charge in [0.2, 0.25) is 0 Å². The second kappa shape index (κ2) is 6.31. The fraction of sp³-hybridized carbons (Fsp3) is 0.533. The molecule has 1 amide bonds. The fourth-order valence-corrected chi connectivity index (χ4v) is 3.32. The Morgan fingerprint density at radius 3 is 2.68 bits per heavy atom. The van der Waals surface area contributed by atoms with Crippen LogP contribution in [0.3, 0.4) is 0 Å². The molecule has 3 rings (SSSR count). The number of nitrogens with one attached hydrogen (secondary N) is 2. The lowest BCUT2D eigenvalue weighted by Gasteiger charge is -2.29. The van der Waals surface area contributed by atoms with Crippen LogP contribution in [-0.4, -0.2) is 35.6 Å². The lowest BCUT2D eigenvalue weighted by atomic mass is 10.00. The summed E-state index contributed by atoms with van der Waals surface area (Å²) >= 11 is 0. The first-order valence-electron chi connectivity index (χ1n) is 7.53. The number of benzene rings is 1. The highest BCUT2D eigenvalue weighted by atomic mass is 16.6. The molecule has 0 aromatic heterocycles. The van der Waals surface area contributed by atoms with Gasteiger partial charge in [0.25, 0.3) is 5.91 Å². The van der Waals surface area contributed by atoms with Crippen LogP contribution in [0.15, 0.2) is 24.3 Å². The summed E-state index contributed by atoms with van der Waals surface area (Å²) in [6.45, 7) is -0.204. The van der Waals surface area contributed by atoms with Gasteiger partial charge < -0.3 is 15.4 Å². The molecule has 2 aliphatic rings. The monoisotopic (exact) mass is 305 g/mol. The van der Waals surface area contributed by atoms with Gasteiger partial charge in [-0.15, -0.1) is 0 Å². The van der Waals surface area contributed by atoms with Crippen molar-refractivity contribution in [1.82, 2.24) is 10.6 Å². The number of fused-ring (bicyclic) bond motifs is 2. The summed E-state index contributed by atoms with van der Waals surface area (Å²) < 4.78 is 5.30. The maximum atomic E-state index is 12.0. The van der Waals surface area contributed by atoms with Gasteiger partial charge in [-0.05, 0) is 31.7 Å². The van der Waals surface area contributed by atoms with E-state index in [1.54, 1.807) is 12.1 Å². The molecule has 1 aromatic carbocycles. The van der Waals surface area contributed by atoms with Gasteiger partial charge in [0.1, 0.15) is 0 Å². The van der Waals surface area contributed by atoms with Crippen LogP contribution in [0.2, 0.25) is 0 Å². The zero-order valence-electron chi connectivity index (χ0n) is 12.2. The molecule has 2 fully saturated rings. The molecule has 2 unspecified atom stereocenters. The Kier molecular flexibility index (Phi) is 4.24. The van der Waals surface area contributed by atoms with Crippen LogP contribution in [0, 0.1) is 10.1 Å². The lowest BCUT2D eigenvalue weighted by molar-refractivity contribution is -0.385. The first kappa shape index (κ1) is 14.8. The Morgan fingerprint density at radius 2 is 2.00 bits per heavy atom. The lowest BCUT2D eigenvalue weighted by Crippen LogP contribution is -2.48. The number of nitro benzene ring substituents is 1. The van der Waals surface area contributed by atoms with Gasteiger partial charge in [-0.3, -0.25) is 14.9 Å². The molecule has 0 spiro atoms. The quantitative estimate of drug-likeness (QED) is 0.633. The Balaban J connectivity index is 1.51. The predicted molar refractivity (Wildman–Crippen MR) is 79.7 cm³/mol. The molecule has 7 nitrogen and oxygen atoms in total. The van der Waals surface area contributed by atoms with Crippen molar-refractivity contribution in [3.8, 4) is 5.75 Å². The van der Waals surface area contributed by atoms with E-state index in [2.05, 4.69) is 10.6 Å². The zero-order valence-corrected chi connectivity index (χ0v) is 12.2. The Hall–Kier alpha value is -2.15. The average Bonchev–Trinajstić information content (AvgIpc) is 2.84. The number of carbonyl (C=O) groups is 1. The normalized spacial score (nSPS) is 26.5. The van der Waals surface area contributed by atoms with Gasteiger partial charge >= 0.3 is 5.69 Å². The van der Waals surface area contributed by atoms with Crippen molar-refractivity contribution >= 4 is 11.6 Å². The van der Waals surface area contributed by atoms with E-state index in [0.29, 0.717) is 12.1 Å². The third kappa shape index (κ3) is 3.36. The van der Waals surface area contributed by atoms with Crippen molar-refractivity contribution in [2.45, 2.75) is 43.8 Å². The number of nitrogens with zero attached hydrogens (tertiary/aromatic N) is 1. The highest BCUT2D eigenvalue weighted by molar-refractivity contribution is 5.78. The van der Waals surface area contributed by atoms with Crippen LogP contribution in [-0.2, 0) is 4.79 Å². The van der Waals surface area contributed by atoms with Crippen molar-refractivity contribution in [3.63, 3.8) is 0 Å². The third-order valence-electron chi connectivity index (χ3n) is 4.26. The van der Waals surface area contributed by atoms with Crippen molar-refractivity contribution in [3.05, 3.63) is 34.4 Å². The number of ether oxygens (including phenoxy) is 1. The Labute approximate surface area is 128 Å². The molecule has 2 saturated heterocycles. The van der Waals surface area contributed by atoms with E-state index in [1.807, 2.05) is 0 Å². The minimum atomic E-state index is -0.516. The molecule has 0 saturated carbocycles. The summed E-state index contributed by atoms with van der Waals surface area (Å²) in [7, 11) is 0. The molecule has 2 heterocycles. The molecule has 0 aliphatic carbocycles. The van der Waals surface area contributed by atoms with E-state index in [0.717, 1.165) is 12.8 Å². The number of hydrogen-bond acceptors (Lipinski definition) is 5. The molecule has 2 N–H and O–H groups in total. The predicted octanol–water partition coefficient (Wildman–Crippen LogP) is 1.37. The minimum Gasteiger partial charge on any atom is -0.477 e. The van der Waals surface area contributed by atoms with Gasteiger partial charge in [0, 0.05) is 24.2 Å². The maximum Gasteiger partial charge on any atom is 0.310 e. The molecular weight excluding hydrogens is 286 g/mol. The number of amides is 1. The van der Waals surface area contributed by atoms with Gasteiger partial charge in [0.05, 0.1) is 4.92 Å². The van der Waals surface area contributed by atoms with Crippen molar-refractivity contribution in [2.24, 2.45) is 0 Å². The van der Waals surface area contributed by atoms with Crippen LogP contribution in [0.4, 0.5) is 5.69 Å². The van der Waals surface area contributed by atoms with E-state index in [4.69, 9.17) is 4.74 Å². The van der Waals surface area contributed by atoms with E-state index in [-0.39, 0.29) is 30.0 Å². The topological polar surface area (TPSA) is 93.5 Å². The number of piperidine rings is 1. The second-order valence-corrected chi connectivity index (χ2v) is 5.89. The Morgan fingerprint density at radius 1 is 1.32 bits per heavy atom. The third-order valence-corrected chi connectivity index (χ3v) is 4.26. The van der Waals surface area contributed by atoms with Crippen LogP contribution in [0.1, 0.15) is 25.7 Å². The Bertz CT molecular complexity index is 566. The summed E-state index contributed by atoms with van der Waals surface area (Å²) in [5.74, 6) is -0.113. The summed E-state index contributed by atoms with van der Waals surface area (Å²) in [5.41, 5.74) is -0.129. The summed E-state index contributed by atoms with van der Waals surface area (Å²) in [6.07, 6.45) is 4.22. The molecule has 22 heavy (non-hydrogen) atoms. The molecule has 2 aliphatic heterocycles. The van der Waals surface area contributed by atoms with Crippen LogP contribution in [0.25, 0.3) is 0 Å². The minimum absolute atomic E-state index is 0.119. The van der Waals surface area contributed by atoms with Gasteiger partial charge in [-0.25, -0.2) is 0 Å². The molecule has 118 valence electrons.